The molecule has 1 aliphatic heterocycles. The predicted molar refractivity (Wildman–Crippen MR) is 34.6 cm³/mol. The number of hydrogen-bond donors (Lipinski definition) is 4. The van der Waals surface area contributed by atoms with E-state index in [9.17, 15) is 0 Å². The maximum absolute atomic E-state index is 9.09. The monoisotopic (exact) mass is 164 g/mol. The molecule has 0 amide bonds. The molecular weight excluding hydrogens is 152 g/mol. The van der Waals surface area contributed by atoms with Gasteiger partial charge in [-0.3, -0.25) is 0 Å². The minimum Gasteiger partial charge on any atom is -0.388 e. The lowest BCUT2D eigenvalue weighted by atomic mass is 10.0. The Morgan fingerprint density at radius 1 is 0.909 bits per heavy atom. The highest BCUT2D eigenvalue weighted by Gasteiger charge is 2.40. The van der Waals surface area contributed by atoms with E-state index < -0.39 is 30.7 Å². The van der Waals surface area contributed by atoms with Crippen molar-refractivity contribution in [2.75, 3.05) is 0 Å². The molecule has 1 saturated heterocycles. The summed E-state index contributed by atoms with van der Waals surface area (Å²) in [5.41, 5.74) is 0. The summed E-state index contributed by atoms with van der Waals surface area (Å²) in [7, 11) is 0. The summed E-state index contributed by atoms with van der Waals surface area (Å²) in [6, 6.07) is 0. The smallest absolute Gasteiger partial charge is 0.183 e. The Morgan fingerprint density at radius 3 is 2.00 bits per heavy atom. The molecule has 1 fully saturated rings. The van der Waals surface area contributed by atoms with E-state index >= 15 is 0 Å². The fraction of sp³-hybridized carbons (Fsp3) is 1.00. The van der Waals surface area contributed by atoms with E-state index in [2.05, 4.69) is 4.74 Å². The number of rotatable bonds is 0. The molecule has 1 aliphatic rings. The van der Waals surface area contributed by atoms with Gasteiger partial charge < -0.3 is 25.2 Å². The van der Waals surface area contributed by atoms with E-state index in [1.807, 2.05) is 0 Å². The fourth-order valence-electron chi connectivity index (χ4n) is 1.03. The highest BCUT2D eigenvalue weighted by molar-refractivity contribution is 4.86. The average molecular weight is 164 g/mol. The lowest BCUT2D eigenvalue weighted by Crippen LogP contribution is -2.56. The molecular formula is C6H12O5. The second-order valence-electron chi connectivity index (χ2n) is 2.70. The van der Waals surface area contributed by atoms with Crippen LogP contribution in [0.2, 0.25) is 0 Å². The van der Waals surface area contributed by atoms with Crippen molar-refractivity contribution in [1.29, 1.82) is 0 Å². The second kappa shape index (κ2) is 3.04. The normalized spacial score (nSPS) is 52.6. The van der Waals surface area contributed by atoms with Crippen molar-refractivity contribution in [3.05, 3.63) is 0 Å². The average Bonchev–Trinajstić information content (AvgIpc) is 1.97. The molecule has 0 radical (unpaired) electrons. The van der Waals surface area contributed by atoms with Gasteiger partial charge in [0, 0.05) is 0 Å². The van der Waals surface area contributed by atoms with Crippen LogP contribution in [-0.2, 0) is 4.74 Å². The third-order valence-corrected chi connectivity index (χ3v) is 1.83. The first-order valence-electron chi connectivity index (χ1n) is 3.41. The summed E-state index contributed by atoms with van der Waals surface area (Å²) < 4.78 is 4.68. The Kier molecular flexibility index (Phi) is 2.46. The van der Waals surface area contributed by atoms with Crippen LogP contribution < -0.4 is 0 Å². The molecule has 0 aromatic rings. The van der Waals surface area contributed by atoms with Crippen molar-refractivity contribution >= 4 is 0 Å². The Balaban J connectivity index is 2.63. The summed E-state index contributed by atoms with van der Waals surface area (Å²) in [5.74, 6) is 0. The van der Waals surface area contributed by atoms with Gasteiger partial charge >= 0.3 is 0 Å². The molecule has 0 saturated carbocycles. The van der Waals surface area contributed by atoms with Crippen LogP contribution in [0.3, 0.4) is 0 Å². The van der Waals surface area contributed by atoms with Crippen molar-refractivity contribution in [2.45, 2.75) is 37.6 Å². The maximum atomic E-state index is 9.09. The van der Waals surface area contributed by atoms with Crippen LogP contribution in [0.25, 0.3) is 0 Å². The van der Waals surface area contributed by atoms with Gasteiger partial charge in [0.25, 0.3) is 0 Å². The largest absolute Gasteiger partial charge is 0.388 e. The number of aliphatic hydroxyl groups is 4. The van der Waals surface area contributed by atoms with Gasteiger partial charge in [-0.05, 0) is 6.92 Å². The van der Waals surface area contributed by atoms with Crippen LogP contribution in [0, 0.1) is 0 Å². The summed E-state index contributed by atoms with van der Waals surface area (Å²) in [6.45, 7) is 1.50. The fourth-order valence-corrected chi connectivity index (χ4v) is 1.03. The highest BCUT2D eigenvalue weighted by Crippen LogP contribution is 2.18. The van der Waals surface area contributed by atoms with Gasteiger partial charge in [-0.1, -0.05) is 0 Å². The van der Waals surface area contributed by atoms with Crippen molar-refractivity contribution in [3.8, 4) is 0 Å². The zero-order chi connectivity index (χ0) is 8.59. The molecule has 0 aromatic carbocycles. The summed E-state index contributed by atoms with van der Waals surface area (Å²) >= 11 is 0. The van der Waals surface area contributed by atoms with Crippen molar-refractivity contribution in [3.63, 3.8) is 0 Å². The van der Waals surface area contributed by atoms with Gasteiger partial charge in [-0.25, -0.2) is 0 Å². The van der Waals surface area contributed by atoms with Crippen LogP contribution in [0.5, 0.6) is 0 Å². The van der Waals surface area contributed by atoms with E-state index in [0.29, 0.717) is 0 Å². The number of hydrogen-bond acceptors (Lipinski definition) is 5. The summed E-state index contributed by atoms with van der Waals surface area (Å²) in [6.07, 6.45) is -5.99. The highest BCUT2D eigenvalue weighted by atomic mass is 16.6. The van der Waals surface area contributed by atoms with E-state index in [-0.39, 0.29) is 0 Å². The topological polar surface area (TPSA) is 90.2 Å². The Bertz CT molecular complexity index is 125. The first-order valence-corrected chi connectivity index (χ1v) is 3.41. The molecule has 11 heavy (non-hydrogen) atoms. The zero-order valence-corrected chi connectivity index (χ0v) is 6.08. The molecule has 0 bridgehead atoms. The van der Waals surface area contributed by atoms with Crippen LogP contribution in [0.4, 0.5) is 0 Å². The third kappa shape index (κ3) is 1.52. The molecule has 0 aliphatic carbocycles. The van der Waals surface area contributed by atoms with Crippen molar-refractivity contribution in [1.82, 2.24) is 0 Å². The second-order valence-corrected chi connectivity index (χ2v) is 2.70. The van der Waals surface area contributed by atoms with Gasteiger partial charge in [0.2, 0.25) is 0 Å². The number of aliphatic hydroxyl groups excluding tert-OH is 4. The van der Waals surface area contributed by atoms with Crippen LogP contribution in [0.15, 0.2) is 0 Å². The molecule has 1 rings (SSSR count). The van der Waals surface area contributed by atoms with Gasteiger partial charge in [0.05, 0.1) is 6.10 Å². The summed E-state index contributed by atoms with van der Waals surface area (Å²) in [4.78, 5) is 0. The van der Waals surface area contributed by atoms with Gasteiger partial charge in [-0.15, -0.1) is 0 Å². The first-order chi connectivity index (χ1) is 5.04. The minimum absolute atomic E-state index is 0.664. The molecule has 5 atom stereocenters. The lowest BCUT2D eigenvalue weighted by molar-refractivity contribution is -0.277. The SMILES string of the molecule is C[C@@H]1OC(O)[C@H](O)C(O)C1O. The van der Waals surface area contributed by atoms with Crippen molar-refractivity contribution < 1.29 is 25.2 Å². The van der Waals surface area contributed by atoms with E-state index in [4.69, 9.17) is 20.4 Å². The summed E-state index contributed by atoms with van der Waals surface area (Å²) in [5, 5.41) is 36.0. The zero-order valence-electron chi connectivity index (χ0n) is 6.08. The Hall–Kier alpha value is -0.200. The van der Waals surface area contributed by atoms with Gasteiger partial charge in [-0.2, -0.15) is 0 Å². The quantitative estimate of drug-likeness (QED) is 0.326. The molecule has 5 heteroatoms. The number of ether oxygens (including phenoxy) is 1. The molecule has 4 N–H and O–H groups in total. The first kappa shape index (κ1) is 8.89. The van der Waals surface area contributed by atoms with Crippen LogP contribution in [-0.4, -0.2) is 51.1 Å². The molecule has 1 heterocycles. The molecule has 5 nitrogen and oxygen atoms in total. The van der Waals surface area contributed by atoms with E-state index in [1.165, 1.54) is 6.92 Å². The Morgan fingerprint density at radius 2 is 1.45 bits per heavy atom. The van der Waals surface area contributed by atoms with E-state index in [0.717, 1.165) is 0 Å². The molecule has 0 aromatic heterocycles. The lowest BCUT2D eigenvalue weighted by Gasteiger charge is -2.36. The predicted octanol–water partition coefficient (Wildman–Crippen LogP) is -2.19. The standard InChI is InChI=1S/C6H12O5/c1-2-3(7)4(8)5(9)6(10)11-2/h2-10H,1H3/t2-,3?,4?,5+,6?/m0/s1. The molecule has 66 valence electrons. The van der Waals surface area contributed by atoms with Crippen molar-refractivity contribution in [2.24, 2.45) is 0 Å². The minimum atomic E-state index is -1.43. The van der Waals surface area contributed by atoms with E-state index in [1.54, 1.807) is 0 Å². The molecule has 3 unspecified atom stereocenters. The van der Waals surface area contributed by atoms with Crippen LogP contribution in [0.1, 0.15) is 6.92 Å². The van der Waals surface area contributed by atoms with Crippen LogP contribution >= 0.6 is 0 Å². The third-order valence-electron chi connectivity index (χ3n) is 1.83. The van der Waals surface area contributed by atoms with Gasteiger partial charge in [0.15, 0.2) is 6.29 Å². The van der Waals surface area contributed by atoms with Gasteiger partial charge in [0.1, 0.15) is 18.3 Å². The maximum Gasteiger partial charge on any atom is 0.183 e. The Labute approximate surface area is 63.8 Å². The molecule has 0 spiro atoms.